The van der Waals surface area contributed by atoms with Crippen molar-refractivity contribution in [2.45, 2.75) is 4.90 Å². The van der Waals surface area contributed by atoms with Gasteiger partial charge < -0.3 is 15.9 Å². The Bertz CT molecular complexity index is 1190. The molecule has 3 aromatic carbocycles. The number of hydrogen-bond acceptors (Lipinski definition) is 7. The number of aromatic hydroxyl groups is 1. The molecule has 0 bridgehead atoms. The minimum Gasteiger partial charge on any atom is -0.505 e. The lowest BCUT2D eigenvalue weighted by atomic mass is 10.1. The van der Waals surface area contributed by atoms with Crippen molar-refractivity contribution >= 4 is 43.9 Å². The van der Waals surface area contributed by atoms with Gasteiger partial charge in [-0.05, 0) is 53.9 Å². The molecule has 5 N–H and O–H groups in total. The highest BCUT2D eigenvalue weighted by molar-refractivity contribution is 7.86. The van der Waals surface area contributed by atoms with Crippen LogP contribution < -0.4 is 5.73 Å². The molecule has 9 nitrogen and oxygen atoms in total. The molecule has 3 aromatic rings. The summed E-state index contributed by atoms with van der Waals surface area (Å²) in [6, 6.07) is 10.9. The summed E-state index contributed by atoms with van der Waals surface area (Å²) in [6.07, 6.45) is 0. The van der Waals surface area contributed by atoms with E-state index in [-0.39, 0.29) is 16.6 Å². The third-order valence-corrected chi connectivity index (χ3v) is 4.60. The summed E-state index contributed by atoms with van der Waals surface area (Å²) >= 11 is 0. The average molecular weight is 387 g/mol. The Hall–Kier alpha value is -3.50. The smallest absolute Gasteiger partial charge is 0.335 e. The molecule has 0 spiro atoms. The van der Waals surface area contributed by atoms with Crippen molar-refractivity contribution in [1.82, 2.24) is 0 Å². The molecule has 27 heavy (non-hydrogen) atoms. The molecule has 0 fully saturated rings. The van der Waals surface area contributed by atoms with Crippen LogP contribution in [0, 0.1) is 0 Å². The summed E-state index contributed by atoms with van der Waals surface area (Å²) in [5.74, 6) is -1.61. The van der Waals surface area contributed by atoms with Gasteiger partial charge in [0, 0.05) is 11.1 Å². The third-order valence-electron chi connectivity index (χ3n) is 3.73. The van der Waals surface area contributed by atoms with Crippen LogP contribution in [-0.4, -0.2) is 29.2 Å². The van der Waals surface area contributed by atoms with Gasteiger partial charge in [-0.15, -0.1) is 5.11 Å². The Labute approximate surface area is 153 Å². The Morgan fingerprint density at radius 1 is 1.00 bits per heavy atom. The number of azo groups is 1. The van der Waals surface area contributed by atoms with E-state index in [4.69, 9.17) is 10.8 Å². The number of hydrogen-bond donors (Lipinski definition) is 4. The molecule has 138 valence electrons. The van der Waals surface area contributed by atoms with Gasteiger partial charge in [0.05, 0.1) is 11.3 Å². The normalized spacial score (nSPS) is 11.9. The minimum atomic E-state index is -4.71. The Kier molecular flexibility index (Phi) is 4.52. The number of aromatic carboxylic acids is 1. The monoisotopic (exact) mass is 387 g/mol. The largest absolute Gasteiger partial charge is 0.505 e. The van der Waals surface area contributed by atoms with Gasteiger partial charge in [0.1, 0.15) is 10.6 Å². The quantitative estimate of drug-likeness (QED) is 0.302. The average Bonchev–Trinajstić information content (AvgIpc) is 2.60. The van der Waals surface area contributed by atoms with E-state index in [0.717, 1.165) is 6.07 Å². The van der Waals surface area contributed by atoms with Gasteiger partial charge in [-0.25, -0.2) is 4.79 Å². The van der Waals surface area contributed by atoms with Crippen molar-refractivity contribution < 1.29 is 28.0 Å². The van der Waals surface area contributed by atoms with Gasteiger partial charge in [0.25, 0.3) is 10.1 Å². The van der Waals surface area contributed by atoms with E-state index in [1.54, 1.807) is 0 Å². The molecule has 0 aliphatic heterocycles. The van der Waals surface area contributed by atoms with E-state index in [1.165, 1.54) is 42.5 Å². The first-order valence-corrected chi connectivity index (χ1v) is 8.88. The molecule has 0 aliphatic carbocycles. The zero-order valence-corrected chi connectivity index (χ0v) is 14.4. The third kappa shape index (κ3) is 3.71. The summed E-state index contributed by atoms with van der Waals surface area (Å²) in [6.45, 7) is 0. The van der Waals surface area contributed by atoms with Gasteiger partial charge >= 0.3 is 5.97 Å². The van der Waals surface area contributed by atoms with Crippen LogP contribution in [0.1, 0.15) is 10.4 Å². The van der Waals surface area contributed by atoms with Crippen LogP contribution >= 0.6 is 0 Å². The van der Waals surface area contributed by atoms with E-state index in [2.05, 4.69) is 10.2 Å². The van der Waals surface area contributed by atoms with Crippen LogP contribution in [0.25, 0.3) is 10.8 Å². The van der Waals surface area contributed by atoms with Crippen LogP contribution in [0.4, 0.5) is 17.1 Å². The zero-order valence-electron chi connectivity index (χ0n) is 13.6. The number of carboxylic acids is 1. The van der Waals surface area contributed by atoms with Crippen LogP contribution in [0.2, 0.25) is 0 Å². The number of phenols is 1. The van der Waals surface area contributed by atoms with Gasteiger partial charge in [-0.2, -0.15) is 13.5 Å². The minimum absolute atomic E-state index is 0.0405. The van der Waals surface area contributed by atoms with Crippen LogP contribution in [-0.2, 0) is 10.1 Å². The molecule has 0 aliphatic rings. The van der Waals surface area contributed by atoms with Gasteiger partial charge in [-0.1, -0.05) is 0 Å². The molecule has 0 radical (unpaired) electrons. The van der Waals surface area contributed by atoms with Crippen molar-refractivity contribution in [3.63, 3.8) is 0 Å². The van der Waals surface area contributed by atoms with E-state index in [1.807, 2.05) is 0 Å². The van der Waals surface area contributed by atoms with E-state index < -0.39 is 32.4 Å². The first kappa shape index (κ1) is 18.3. The Morgan fingerprint density at radius 3 is 2.26 bits per heavy atom. The van der Waals surface area contributed by atoms with Gasteiger partial charge in [0.2, 0.25) is 0 Å². The van der Waals surface area contributed by atoms with Crippen LogP contribution in [0.15, 0.2) is 63.7 Å². The molecular weight excluding hydrogens is 374 g/mol. The topological polar surface area (TPSA) is 163 Å². The number of benzene rings is 3. The molecule has 0 heterocycles. The van der Waals surface area contributed by atoms with E-state index in [9.17, 15) is 22.9 Å². The number of nitrogens with zero attached hydrogens (tertiary/aromatic N) is 2. The maximum absolute atomic E-state index is 11.7. The number of nitrogen functional groups attached to an aromatic ring is 1. The first-order valence-electron chi connectivity index (χ1n) is 7.44. The van der Waals surface area contributed by atoms with Gasteiger partial charge in [-0.3, -0.25) is 4.55 Å². The second-order valence-corrected chi connectivity index (χ2v) is 6.97. The standard InChI is InChI=1S/C17H13N3O6S/c18-11-3-6-13-10(7-11)8-14(27(24,25)26)15(16(13)21)20-19-12-4-1-9(2-5-12)17(22)23/h1-8,21H,18H2,(H,22,23)(H,24,25,26). The van der Waals surface area contributed by atoms with Crippen molar-refractivity contribution in [2.75, 3.05) is 5.73 Å². The molecule has 0 unspecified atom stereocenters. The highest BCUT2D eigenvalue weighted by Crippen LogP contribution is 2.41. The van der Waals surface area contributed by atoms with Crippen molar-refractivity contribution in [3.05, 3.63) is 54.1 Å². The Morgan fingerprint density at radius 2 is 1.67 bits per heavy atom. The molecule has 3 rings (SSSR count). The number of anilines is 1. The molecule has 0 aromatic heterocycles. The lowest BCUT2D eigenvalue weighted by molar-refractivity contribution is 0.0697. The van der Waals surface area contributed by atoms with Crippen LogP contribution in [0.5, 0.6) is 5.75 Å². The summed E-state index contributed by atoms with van der Waals surface area (Å²) in [5.41, 5.74) is 5.82. The summed E-state index contributed by atoms with van der Waals surface area (Å²) in [5, 5.41) is 27.4. The van der Waals surface area contributed by atoms with Crippen LogP contribution in [0.3, 0.4) is 0 Å². The lowest BCUT2D eigenvalue weighted by Crippen LogP contribution is -1.99. The van der Waals surface area contributed by atoms with E-state index >= 15 is 0 Å². The SMILES string of the molecule is Nc1ccc2c(O)c(N=Nc3ccc(C(=O)O)cc3)c(S(=O)(=O)O)cc2c1. The highest BCUT2D eigenvalue weighted by Gasteiger charge is 2.22. The fraction of sp³-hybridized carbons (Fsp3) is 0. The fourth-order valence-electron chi connectivity index (χ4n) is 2.44. The Balaban J connectivity index is 2.16. The number of nitrogens with two attached hydrogens (primary N) is 1. The predicted molar refractivity (Wildman–Crippen MR) is 97.4 cm³/mol. The number of fused-ring (bicyclic) bond motifs is 1. The maximum atomic E-state index is 11.7. The number of phenolic OH excluding ortho intramolecular Hbond substituents is 1. The van der Waals surface area contributed by atoms with Crippen molar-refractivity contribution in [2.24, 2.45) is 10.2 Å². The number of carboxylic acid groups (broad SMARTS) is 1. The molecule has 0 saturated carbocycles. The molecule has 10 heteroatoms. The second kappa shape index (κ2) is 6.67. The zero-order chi connectivity index (χ0) is 19.8. The summed E-state index contributed by atoms with van der Waals surface area (Å²) < 4.78 is 32.9. The van der Waals surface area contributed by atoms with E-state index in [0.29, 0.717) is 11.1 Å². The predicted octanol–water partition coefficient (Wildman–Crippen LogP) is 3.49. The lowest BCUT2D eigenvalue weighted by Gasteiger charge is -2.09. The molecule has 0 amide bonds. The van der Waals surface area contributed by atoms with Crippen molar-refractivity contribution in [1.29, 1.82) is 0 Å². The van der Waals surface area contributed by atoms with Crippen molar-refractivity contribution in [3.8, 4) is 5.75 Å². The molecule has 0 saturated heterocycles. The molecule has 0 atom stereocenters. The van der Waals surface area contributed by atoms with Gasteiger partial charge in [0.15, 0.2) is 5.75 Å². The fourth-order valence-corrected chi connectivity index (χ4v) is 3.10. The summed E-state index contributed by atoms with van der Waals surface area (Å²) in [7, 11) is -4.71. The second-order valence-electron chi connectivity index (χ2n) is 5.58. The number of rotatable bonds is 4. The summed E-state index contributed by atoms with van der Waals surface area (Å²) in [4.78, 5) is 10.2. The number of carbonyl (C=O) groups is 1. The molecular formula is C17H13N3O6S. The first-order chi connectivity index (χ1) is 12.7. The maximum Gasteiger partial charge on any atom is 0.335 e. The highest BCUT2D eigenvalue weighted by atomic mass is 32.2.